The summed E-state index contributed by atoms with van der Waals surface area (Å²) in [5.41, 5.74) is 0.145. The molecule has 1 aromatic rings. The Morgan fingerprint density at radius 1 is 1.47 bits per heavy atom. The molecule has 0 aliphatic heterocycles. The summed E-state index contributed by atoms with van der Waals surface area (Å²) in [5.74, 6) is -1.07. The first-order valence-electron chi connectivity index (χ1n) is 4.52. The monoisotopic (exact) mass is 211 g/mol. The number of nitrogens with one attached hydrogen (secondary N) is 3. The van der Waals surface area contributed by atoms with E-state index >= 15 is 0 Å². The van der Waals surface area contributed by atoms with Crippen LogP contribution in [0.2, 0.25) is 0 Å². The average molecular weight is 211 g/mol. The van der Waals surface area contributed by atoms with Crippen LogP contribution in [0.3, 0.4) is 0 Å². The predicted octanol–water partition coefficient (Wildman–Crippen LogP) is -0.170. The molecule has 82 valence electrons. The van der Waals surface area contributed by atoms with Crippen LogP contribution < -0.4 is 10.6 Å². The molecule has 0 aliphatic carbocycles. The van der Waals surface area contributed by atoms with Gasteiger partial charge in [0.2, 0.25) is 0 Å². The van der Waals surface area contributed by atoms with E-state index in [0.29, 0.717) is 6.54 Å². The lowest BCUT2D eigenvalue weighted by molar-refractivity contribution is 0.0951. The summed E-state index contributed by atoms with van der Waals surface area (Å²) in [6, 6.07) is 1.22. The van der Waals surface area contributed by atoms with Gasteiger partial charge >= 0.3 is 0 Å². The van der Waals surface area contributed by atoms with Gasteiger partial charge < -0.3 is 20.7 Å². The third kappa shape index (κ3) is 2.28. The number of aromatic amines is 1. The molecule has 0 fully saturated rings. The number of amides is 2. The Bertz CT molecular complexity index is 384. The molecule has 0 aliphatic rings. The van der Waals surface area contributed by atoms with Crippen LogP contribution in [0.1, 0.15) is 27.9 Å². The number of H-pyrrole nitrogens is 1. The Kier molecular flexibility index (Phi) is 3.33. The molecule has 0 atom stereocenters. The Hall–Kier alpha value is -1.98. The molecule has 6 nitrogen and oxygen atoms in total. The van der Waals surface area contributed by atoms with Crippen molar-refractivity contribution in [2.75, 3.05) is 13.6 Å². The van der Waals surface area contributed by atoms with Crippen molar-refractivity contribution in [1.82, 2.24) is 15.6 Å². The van der Waals surface area contributed by atoms with Crippen molar-refractivity contribution in [2.24, 2.45) is 0 Å². The zero-order valence-corrected chi connectivity index (χ0v) is 8.55. The maximum atomic E-state index is 11.3. The van der Waals surface area contributed by atoms with E-state index in [9.17, 15) is 14.7 Å². The first-order valence-corrected chi connectivity index (χ1v) is 4.52. The third-order valence-corrected chi connectivity index (χ3v) is 1.83. The topological polar surface area (TPSA) is 94.2 Å². The minimum atomic E-state index is -0.469. The highest BCUT2D eigenvalue weighted by atomic mass is 16.3. The summed E-state index contributed by atoms with van der Waals surface area (Å²) in [6.07, 6.45) is 0. The second-order valence-electron chi connectivity index (χ2n) is 2.88. The number of hydrogen-bond donors (Lipinski definition) is 4. The fraction of sp³-hybridized carbons (Fsp3) is 0.333. The van der Waals surface area contributed by atoms with Gasteiger partial charge in [-0.05, 0) is 6.92 Å². The number of aromatic nitrogens is 1. The Morgan fingerprint density at radius 2 is 2.13 bits per heavy atom. The molecular weight excluding hydrogens is 198 g/mol. The lowest BCUT2D eigenvalue weighted by atomic mass is 10.3. The fourth-order valence-corrected chi connectivity index (χ4v) is 1.12. The Balaban J connectivity index is 2.95. The van der Waals surface area contributed by atoms with Crippen LogP contribution in [-0.2, 0) is 0 Å². The van der Waals surface area contributed by atoms with E-state index < -0.39 is 5.91 Å². The Labute approximate surface area is 86.7 Å². The molecule has 1 heterocycles. The predicted molar refractivity (Wildman–Crippen MR) is 53.9 cm³/mol. The largest absolute Gasteiger partial charge is 0.505 e. The van der Waals surface area contributed by atoms with Gasteiger partial charge in [0.25, 0.3) is 11.8 Å². The van der Waals surface area contributed by atoms with Crippen LogP contribution in [0.4, 0.5) is 0 Å². The van der Waals surface area contributed by atoms with Crippen molar-refractivity contribution in [1.29, 1.82) is 0 Å². The van der Waals surface area contributed by atoms with E-state index in [1.54, 1.807) is 6.92 Å². The molecule has 0 saturated heterocycles. The molecule has 1 rings (SSSR count). The van der Waals surface area contributed by atoms with Crippen LogP contribution in [0.25, 0.3) is 0 Å². The summed E-state index contributed by atoms with van der Waals surface area (Å²) in [5, 5.41) is 14.3. The summed E-state index contributed by atoms with van der Waals surface area (Å²) in [4.78, 5) is 25.1. The van der Waals surface area contributed by atoms with Gasteiger partial charge in [-0.3, -0.25) is 9.59 Å². The first kappa shape index (κ1) is 11.1. The molecule has 0 saturated carbocycles. The molecule has 2 amide bonds. The van der Waals surface area contributed by atoms with Gasteiger partial charge in [-0.25, -0.2) is 0 Å². The van der Waals surface area contributed by atoms with Gasteiger partial charge in [0.05, 0.1) is 0 Å². The van der Waals surface area contributed by atoms with E-state index in [2.05, 4.69) is 15.6 Å². The summed E-state index contributed by atoms with van der Waals surface area (Å²) < 4.78 is 0. The molecule has 1 aromatic heterocycles. The summed E-state index contributed by atoms with van der Waals surface area (Å²) >= 11 is 0. The van der Waals surface area contributed by atoms with E-state index in [1.165, 1.54) is 13.1 Å². The summed E-state index contributed by atoms with van der Waals surface area (Å²) in [7, 11) is 1.44. The molecule has 15 heavy (non-hydrogen) atoms. The molecule has 0 unspecified atom stereocenters. The van der Waals surface area contributed by atoms with Gasteiger partial charge in [0.1, 0.15) is 17.1 Å². The molecule has 6 heteroatoms. The molecule has 0 bridgehead atoms. The van der Waals surface area contributed by atoms with Crippen molar-refractivity contribution in [3.8, 4) is 5.75 Å². The highest BCUT2D eigenvalue weighted by molar-refractivity contribution is 5.99. The number of hydrogen-bond acceptors (Lipinski definition) is 3. The first-order chi connectivity index (χ1) is 7.10. The number of carbonyl (C=O) groups excluding carboxylic acids is 2. The fourth-order valence-electron chi connectivity index (χ4n) is 1.12. The van der Waals surface area contributed by atoms with E-state index in [0.717, 1.165) is 0 Å². The standard InChI is InChI=1S/C9H13N3O3/c1-3-11-8(14)5-4-6(13)7(12-5)9(15)10-2/h4,12-13H,3H2,1-2H3,(H,10,15)(H,11,14). The van der Waals surface area contributed by atoms with Crippen LogP contribution >= 0.6 is 0 Å². The second kappa shape index (κ2) is 4.50. The van der Waals surface area contributed by atoms with Crippen molar-refractivity contribution < 1.29 is 14.7 Å². The summed E-state index contributed by atoms with van der Waals surface area (Å²) in [6.45, 7) is 2.26. The molecule has 0 aromatic carbocycles. The van der Waals surface area contributed by atoms with Gasteiger partial charge in [-0.1, -0.05) is 0 Å². The van der Waals surface area contributed by atoms with Crippen LogP contribution in [-0.4, -0.2) is 35.5 Å². The zero-order chi connectivity index (χ0) is 11.4. The molecule has 4 N–H and O–H groups in total. The van der Waals surface area contributed by atoms with Crippen LogP contribution in [0.15, 0.2) is 6.07 Å². The quantitative estimate of drug-likeness (QED) is 0.559. The SMILES string of the molecule is CCNC(=O)c1cc(O)c(C(=O)NC)[nH]1. The minimum Gasteiger partial charge on any atom is -0.505 e. The van der Waals surface area contributed by atoms with Crippen molar-refractivity contribution >= 4 is 11.8 Å². The van der Waals surface area contributed by atoms with Crippen molar-refractivity contribution in [2.45, 2.75) is 6.92 Å². The lowest BCUT2D eigenvalue weighted by Crippen LogP contribution is -2.23. The highest BCUT2D eigenvalue weighted by Crippen LogP contribution is 2.17. The molecular formula is C9H13N3O3. The smallest absolute Gasteiger partial charge is 0.271 e. The van der Waals surface area contributed by atoms with Gasteiger partial charge in [-0.15, -0.1) is 0 Å². The molecule has 0 radical (unpaired) electrons. The van der Waals surface area contributed by atoms with E-state index in [1.807, 2.05) is 0 Å². The maximum Gasteiger partial charge on any atom is 0.271 e. The normalized spacial score (nSPS) is 9.73. The molecule has 0 spiro atoms. The van der Waals surface area contributed by atoms with Gasteiger partial charge in [-0.2, -0.15) is 0 Å². The lowest BCUT2D eigenvalue weighted by Gasteiger charge is -1.98. The number of rotatable bonds is 3. The van der Waals surface area contributed by atoms with Crippen molar-refractivity contribution in [3.63, 3.8) is 0 Å². The van der Waals surface area contributed by atoms with E-state index in [4.69, 9.17) is 0 Å². The second-order valence-corrected chi connectivity index (χ2v) is 2.88. The van der Waals surface area contributed by atoms with E-state index in [-0.39, 0.29) is 23.0 Å². The Morgan fingerprint density at radius 3 is 2.67 bits per heavy atom. The highest BCUT2D eigenvalue weighted by Gasteiger charge is 2.16. The zero-order valence-electron chi connectivity index (χ0n) is 8.55. The van der Waals surface area contributed by atoms with Crippen LogP contribution in [0.5, 0.6) is 5.75 Å². The number of carbonyl (C=O) groups is 2. The van der Waals surface area contributed by atoms with Crippen LogP contribution in [0, 0.1) is 0 Å². The van der Waals surface area contributed by atoms with Crippen molar-refractivity contribution in [3.05, 3.63) is 17.5 Å². The van der Waals surface area contributed by atoms with Gasteiger partial charge in [0, 0.05) is 19.7 Å². The minimum absolute atomic E-state index is 0.0150. The number of aromatic hydroxyl groups is 1. The third-order valence-electron chi connectivity index (χ3n) is 1.83. The average Bonchev–Trinajstić information content (AvgIpc) is 2.60. The van der Waals surface area contributed by atoms with Gasteiger partial charge in [0.15, 0.2) is 0 Å². The maximum absolute atomic E-state index is 11.3.